The van der Waals surface area contributed by atoms with Crippen molar-refractivity contribution < 1.29 is 9.53 Å². The van der Waals surface area contributed by atoms with Crippen LogP contribution < -0.4 is 0 Å². The van der Waals surface area contributed by atoms with Crippen molar-refractivity contribution in [1.29, 1.82) is 0 Å². The van der Waals surface area contributed by atoms with Crippen molar-refractivity contribution >= 4 is 19.6 Å². The van der Waals surface area contributed by atoms with E-state index in [2.05, 4.69) is 0 Å². The summed E-state index contributed by atoms with van der Waals surface area (Å²) >= 11 is 0. The molecule has 3 nitrogen and oxygen atoms in total. The Hall–Kier alpha value is -0.380. The van der Waals surface area contributed by atoms with E-state index in [9.17, 15) is 4.79 Å². The minimum absolute atomic E-state index is 0. The third-order valence-electron chi connectivity index (χ3n) is 1.71. The number of cyclic esters (lactones) is 1. The molecular weight excluding hydrogens is 150 g/mol. The standard InChI is InChI=1S/C6H11NO2.H2S/c1-3-5-4-9-6(8)7(5)2;/h5H,3-4H2,1-2H3;1H2/t5-;/m0./s1. The van der Waals surface area contributed by atoms with Crippen LogP contribution >= 0.6 is 13.5 Å². The molecule has 1 heterocycles. The average Bonchev–Trinajstić information content (AvgIpc) is 2.15. The summed E-state index contributed by atoms with van der Waals surface area (Å²) in [6.07, 6.45) is 0.782. The van der Waals surface area contributed by atoms with E-state index in [1.165, 1.54) is 0 Å². The van der Waals surface area contributed by atoms with Crippen molar-refractivity contribution in [1.82, 2.24) is 4.90 Å². The van der Waals surface area contributed by atoms with Crippen LogP contribution in [-0.2, 0) is 4.74 Å². The summed E-state index contributed by atoms with van der Waals surface area (Å²) in [6, 6.07) is 0.303. The molecular formula is C6H13NO2S. The lowest BCUT2D eigenvalue weighted by molar-refractivity contribution is 0.163. The van der Waals surface area contributed by atoms with Gasteiger partial charge >= 0.3 is 6.09 Å². The summed E-state index contributed by atoms with van der Waals surface area (Å²) in [5, 5.41) is 0. The van der Waals surface area contributed by atoms with Crippen molar-refractivity contribution in [3.8, 4) is 0 Å². The molecule has 60 valence electrons. The van der Waals surface area contributed by atoms with Crippen LogP contribution in [0.3, 0.4) is 0 Å². The molecule has 10 heavy (non-hydrogen) atoms. The van der Waals surface area contributed by atoms with Gasteiger partial charge in [0.25, 0.3) is 0 Å². The second-order valence-electron chi connectivity index (χ2n) is 2.25. The number of carbonyl (C=O) groups excluding carboxylic acids is 1. The molecule has 0 N–H and O–H groups in total. The van der Waals surface area contributed by atoms with Crippen molar-refractivity contribution in [3.05, 3.63) is 0 Å². The van der Waals surface area contributed by atoms with E-state index in [1.54, 1.807) is 11.9 Å². The first-order chi connectivity index (χ1) is 4.25. The zero-order valence-electron chi connectivity index (χ0n) is 6.26. The first-order valence-electron chi connectivity index (χ1n) is 3.15. The fraction of sp³-hybridized carbons (Fsp3) is 0.833. The van der Waals surface area contributed by atoms with E-state index in [4.69, 9.17) is 4.74 Å². The third-order valence-corrected chi connectivity index (χ3v) is 1.71. The molecule has 1 aliphatic heterocycles. The smallest absolute Gasteiger partial charge is 0.409 e. The summed E-state index contributed by atoms with van der Waals surface area (Å²) in [6.45, 7) is 2.61. The first kappa shape index (κ1) is 9.62. The number of ether oxygens (including phenoxy) is 1. The average molecular weight is 163 g/mol. The molecule has 0 bridgehead atoms. The third kappa shape index (κ3) is 1.56. The molecule has 0 unspecified atom stereocenters. The van der Waals surface area contributed by atoms with E-state index >= 15 is 0 Å². The molecule has 0 aromatic carbocycles. The van der Waals surface area contributed by atoms with Gasteiger partial charge in [0.15, 0.2) is 0 Å². The van der Waals surface area contributed by atoms with Crippen LogP contribution in [0.2, 0.25) is 0 Å². The number of rotatable bonds is 1. The molecule has 0 radical (unpaired) electrons. The van der Waals surface area contributed by atoms with Crippen LogP contribution in [0.15, 0.2) is 0 Å². The summed E-state index contributed by atoms with van der Waals surface area (Å²) in [5.74, 6) is 0. The highest BCUT2D eigenvalue weighted by atomic mass is 32.1. The Bertz CT molecular complexity index is 129. The first-order valence-corrected chi connectivity index (χ1v) is 3.15. The lowest BCUT2D eigenvalue weighted by Crippen LogP contribution is -2.28. The van der Waals surface area contributed by atoms with Gasteiger partial charge in [-0.2, -0.15) is 13.5 Å². The second kappa shape index (κ2) is 3.71. The van der Waals surface area contributed by atoms with Gasteiger partial charge in [-0.1, -0.05) is 6.92 Å². The van der Waals surface area contributed by atoms with Gasteiger partial charge in [-0.15, -0.1) is 0 Å². The van der Waals surface area contributed by atoms with Crippen LogP contribution in [0.1, 0.15) is 13.3 Å². The molecule has 0 aliphatic carbocycles. The lowest BCUT2D eigenvalue weighted by Gasteiger charge is -2.12. The zero-order chi connectivity index (χ0) is 6.85. The van der Waals surface area contributed by atoms with Crippen LogP contribution in [0.5, 0.6) is 0 Å². The highest BCUT2D eigenvalue weighted by Crippen LogP contribution is 2.11. The van der Waals surface area contributed by atoms with Crippen LogP contribution in [0.4, 0.5) is 4.79 Å². The molecule has 1 fully saturated rings. The molecule has 1 rings (SSSR count). The van der Waals surface area contributed by atoms with Crippen molar-refractivity contribution in [2.75, 3.05) is 13.7 Å². The number of likely N-dealkylation sites (N-methyl/N-ethyl adjacent to an activating group) is 1. The Balaban J connectivity index is 0.000000810. The Morgan fingerprint density at radius 1 is 1.80 bits per heavy atom. The number of amides is 1. The van der Waals surface area contributed by atoms with Gasteiger partial charge in [0.1, 0.15) is 6.61 Å². The van der Waals surface area contributed by atoms with Gasteiger partial charge in [-0.3, -0.25) is 0 Å². The van der Waals surface area contributed by atoms with E-state index in [0.29, 0.717) is 12.6 Å². The van der Waals surface area contributed by atoms with Gasteiger partial charge < -0.3 is 9.64 Å². The van der Waals surface area contributed by atoms with Crippen LogP contribution in [0.25, 0.3) is 0 Å². The second-order valence-corrected chi connectivity index (χ2v) is 2.25. The van der Waals surface area contributed by atoms with Gasteiger partial charge in [0.2, 0.25) is 0 Å². The van der Waals surface area contributed by atoms with Gasteiger partial charge in [-0.05, 0) is 6.42 Å². The normalized spacial score (nSPS) is 24.0. The van der Waals surface area contributed by atoms with Crippen molar-refractivity contribution in [2.24, 2.45) is 0 Å². The van der Waals surface area contributed by atoms with Crippen molar-refractivity contribution in [2.45, 2.75) is 19.4 Å². The minimum Gasteiger partial charge on any atom is -0.447 e. The van der Waals surface area contributed by atoms with Gasteiger partial charge in [0, 0.05) is 7.05 Å². The molecule has 1 aliphatic rings. The molecule has 1 amide bonds. The predicted octanol–water partition coefficient (Wildman–Crippen LogP) is 0.960. The Morgan fingerprint density at radius 3 is 2.60 bits per heavy atom. The van der Waals surface area contributed by atoms with Gasteiger partial charge in [-0.25, -0.2) is 4.79 Å². The maximum absolute atomic E-state index is 10.6. The Morgan fingerprint density at radius 2 is 2.40 bits per heavy atom. The molecule has 0 aromatic rings. The monoisotopic (exact) mass is 163 g/mol. The largest absolute Gasteiger partial charge is 0.447 e. The zero-order valence-corrected chi connectivity index (χ0v) is 7.26. The van der Waals surface area contributed by atoms with E-state index in [-0.39, 0.29) is 19.6 Å². The highest BCUT2D eigenvalue weighted by Gasteiger charge is 2.27. The van der Waals surface area contributed by atoms with Crippen LogP contribution in [-0.4, -0.2) is 30.7 Å². The number of hydrogen-bond donors (Lipinski definition) is 0. The van der Waals surface area contributed by atoms with E-state index in [0.717, 1.165) is 6.42 Å². The fourth-order valence-electron chi connectivity index (χ4n) is 0.922. The van der Waals surface area contributed by atoms with Crippen molar-refractivity contribution in [3.63, 3.8) is 0 Å². The molecule has 1 saturated heterocycles. The summed E-state index contributed by atoms with van der Waals surface area (Å²) in [5.41, 5.74) is 0. The van der Waals surface area contributed by atoms with Crippen LogP contribution in [0, 0.1) is 0 Å². The molecule has 0 saturated carbocycles. The quantitative estimate of drug-likeness (QED) is 0.576. The molecule has 1 atom stereocenters. The topological polar surface area (TPSA) is 29.5 Å². The summed E-state index contributed by atoms with van der Waals surface area (Å²) < 4.78 is 4.76. The molecule has 0 spiro atoms. The SMILES string of the molecule is CC[C@H]1COC(=O)N1C.S. The Kier molecular flexibility index (Phi) is 3.57. The number of nitrogens with zero attached hydrogens (tertiary/aromatic N) is 1. The predicted molar refractivity (Wildman–Crippen MR) is 43.6 cm³/mol. The number of hydrogen-bond acceptors (Lipinski definition) is 2. The maximum atomic E-state index is 10.6. The molecule has 0 aromatic heterocycles. The number of carbonyl (C=O) groups is 1. The minimum atomic E-state index is -0.193. The summed E-state index contributed by atoms with van der Waals surface area (Å²) in [7, 11) is 1.77. The molecule has 4 heteroatoms. The van der Waals surface area contributed by atoms with E-state index < -0.39 is 0 Å². The van der Waals surface area contributed by atoms with Gasteiger partial charge in [0.05, 0.1) is 6.04 Å². The maximum Gasteiger partial charge on any atom is 0.409 e. The van der Waals surface area contributed by atoms with E-state index in [1.807, 2.05) is 6.92 Å². The Labute approximate surface area is 67.8 Å². The highest BCUT2D eigenvalue weighted by molar-refractivity contribution is 7.59. The lowest BCUT2D eigenvalue weighted by atomic mass is 10.2. The summed E-state index contributed by atoms with van der Waals surface area (Å²) in [4.78, 5) is 12.3. The fourth-order valence-corrected chi connectivity index (χ4v) is 0.922.